The molecular formula is C27H28N2O5S. The highest BCUT2D eigenvalue weighted by Gasteiger charge is 2.24. The van der Waals surface area contributed by atoms with E-state index in [1.165, 1.54) is 48.9 Å². The van der Waals surface area contributed by atoms with Crippen LogP contribution >= 0.6 is 0 Å². The number of carbonyl (C=O) groups excluding carboxylic acids is 1. The zero-order valence-corrected chi connectivity index (χ0v) is 20.3. The van der Waals surface area contributed by atoms with Gasteiger partial charge in [0.25, 0.3) is 10.0 Å². The molecule has 35 heavy (non-hydrogen) atoms. The predicted octanol–water partition coefficient (Wildman–Crippen LogP) is 4.85. The van der Waals surface area contributed by atoms with Crippen molar-refractivity contribution in [2.45, 2.75) is 31.1 Å². The first-order valence-electron chi connectivity index (χ1n) is 11.5. The molecule has 2 N–H and O–H groups in total. The number of rotatable bonds is 8. The Balaban J connectivity index is 1.55. The van der Waals surface area contributed by atoms with E-state index >= 15 is 0 Å². The number of carboxylic acid groups (broad SMARTS) is 1. The maximum Gasteiger partial charge on any atom is 0.335 e. The van der Waals surface area contributed by atoms with E-state index in [0.717, 1.165) is 32.4 Å². The Hall–Kier alpha value is -3.65. The van der Waals surface area contributed by atoms with Crippen LogP contribution in [0, 0.1) is 5.92 Å². The molecule has 1 heterocycles. The summed E-state index contributed by atoms with van der Waals surface area (Å²) in [7, 11) is -3.99. The van der Waals surface area contributed by atoms with Gasteiger partial charge in [0.1, 0.15) is 0 Å². The van der Waals surface area contributed by atoms with E-state index in [0.29, 0.717) is 17.2 Å². The SMILES string of the molecule is CC(=O)c1ccc(S(=O)(=O)Nc2cc(C(=O)O)ccc2N2CCC(Cc3ccccc3)CC2)cc1. The average Bonchev–Trinajstić information content (AvgIpc) is 2.85. The number of nitrogens with zero attached hydrogens (tertiary/aromatic N) is 1. The minimum absolute atomic E-state index is 0.00246. The smallest absolute Gasteiger partial charge is 0.335 e. The molecule has 0 aromatic heterocycles. The van der Waals surface area contributed by atoms with Gasteiger partial charge in [-0.25, -0.2) is 13.2 Å². The molecule has 8 heteroatoms. The van der Waals surface area contributed by atoms with Gasteiger partial charge in [0, 0.05) is 18.7 Å². The van der Waals surface area contributed by atoms with Crippen LogP contribution in [-0.4, -0.2) is 38.4 Å². The first-order chi connectivity index (χ1) is 16.7. The third-order valence-corrected chi connectivity index (χ3v) is 7.76. The summed E-state index contributed by atoms with van der Waals surface area (Å²) in [6.07, 6.45) is 2.91. The molecule has 0 radical (unpaired) electrons. The van der Waals surface area contributed by atoms with Gasteiger partial charge >= 0.3 is 5.97 Å². The number of carbonyl (C=O) groups is 2. The molecule has 3 aromatic carbocycles. The van der Waals surface area contributed by atoms with Gasteiger partial charge < -0.3 is 10.0 Å². The Morgan fingerprint density at radius 3 is 2.17 bits per heavy atom. The number of Topliss-reactive ketones (excluding diaryl/α,β-unsaturated/α-hetero) is 1. The molecule has 0 aliphatic carbocycles. The quantitative estimate of drug-likeness (QED) is 0.436. The third-order valence-electron chi connectivity index (χ3n) is 6.38. The van der Waals surface area contributed by atoms with Gasteiger partial charge in [0.05, 0.1) is 21.8 Å². The van der Waals surface area contributed by atoms with Gasteiger partial charge in [-0.1, -0.05) is 42.5 Å². The molecule has 1 saturated heterocycles. The Labute approximate surface area is 205 Å². The molecule has 0 unspecified atom stereocenters. The summed E-state index contributed by atoms with van der Waals surface area (Å²) < 4.78 is 28.8. The molecule has 3 aromatic rings. The number of sulfonamides is 1. The number of anilines is 2. The number of piperidine rings is 1. The zero-order valence-electron chi connectivity index (χ0n) is 19.5. The maximum atomic E-state index is 13.1. The normalized spacial score (nSPS) is 14.5. The summed E-state index contributed by atoms with van der Waals surface area (Å²) in [6, 6.07) is 20.5. The summed E-state index contributed by atoms with van der Waals surface area (Å²) in [6.45, 7) is 2.90. The zero-order chi connectivity index (χ0) is 25.0. The lowest BCUT2D eigenvalue weighted by atomic mass is 9.90. The van der Waals surface area contributed by atoms with Crippen molar-refractivity contribution in [2.24, 2.45) is 5.92 Å². The summed E-state index contributed by atoms with van der Waals surface area (Å²) in [5.74, 6) is -0.759. The molecule has 0 spiro atoms. The van der Waals surface area contributed by atoms with Crippen molar-refractivity contribution in [1.29, 1.82) is 0 Å². The summed E-state index contributed by atoms with van der Waals surface area (Å²) in [5.41, 5.74) is 2.59. The number of benzene rings is 3. The number of hydrogen-bond donors (Lipinski definition) is 2. The molecule has 4 rings (SSSR count). The van der Waals surface area contributed by atoms with Gasteiger partial charge in [-0.05, 0) is 68.0 Å². The topological polar surface area (TPSA) is 104 Å². The van der Waals surface area contributed by atoms with Crippen LogP contribution in [0.2, 0.25) is 0 Å². The molecule has 182 valence electrons. The Morgan fingerprint density at radius 2 is 1.57 bits per heavy atom. The van der Waals surface area contributed by atoms with Crippen molar-refractivity contribution in [3.8, 4) is 0 Å². The first kappa shape index (κ1) is 24.5. The molecule has 0 amide bonds. The monoisotopic (exact) mass is 492 g/mol. The molecule has 0 saturated carbocycles. The maximum absolute atomic E-state index is 13.1. The second kappa shape index (κ2) is 10.3. The third kappa shape index (κ3) is 5.89. The fraction of sp³-hybridized carbons (Fsp3) is 0.259. The van der Waals surface area contributed by atoms with Crippen molar-refractivity contribution >= 4 is 33.2 Å². The predicted molar refractivity (Wildman–Crippen MR) is 136 cm³/mol. The molecule has 1 aliphatic heterocycles. The fourth-order valence-electron chi connectivity index (χ4n) is 4.42. The highest BCUT2D eigenvalue weighted by Crippen LogP contribution is 2.33. The van der Waals surface area contributed by atoms with Crippen LogP contribution in [0.5, 0.6) is 0 Å². The minimum atomic E-state index is -3.99. The van der Waals surface area contributed by atoms with Crippen molar-refractivity contribution in [3.05, 3.63) is 89.5 Å². The van der Waals surface area contributed by atoms with Crippen LogP contribution in [0.4, 0.5) is 11.4 Å². The molecule has 1 fully saturated rings. The van der Waals surface area contributed by atoms with Crippen molar-refractivity contribution in [2.75, 3.05) is 22.7 Å². The number of ketones is 1. The minimum Gasteiger partial charge on any atom is -0.478 e. The lowest BCUT2D eigenvalue weighted by Crippen LogP contribution is -2.35. The van der Waals surface area contributed by atoms with Crippen LogP contribution in [0.25, 0.3) is 0 Å². The van der Waals surface area contributed by atoms with Gasteiger partial charge in [0.15, 0.2) is 5.78 Å². The van der Waals surface area contributed by atoms with Crippen molar-refractivity contribution < 1.29 is 23.1 Å². The van der Waals surface area contributed by atoms with E-state index in [1.807, 2.05) is 18.2 Å². The fourth-order valence-corrected chi connectivity index (χ4v) is 5.49. The van der Waals surface area contributed by atoms with Gasteiger partial charge in [0.2, 0.25) is 0 Å². The summed E-state index contributed by atoms with van der Waals surface area (Å²) in [4.78, 5) is 25.2. The van der Waals surface area contributed by atoms with Crippen LogP contribution in [0.15, 0.2) is 77.7 Å². The highest BCUT2D eigenvalue weighted by atomic mass is 32.2. The average molecular weight is 493 g/mol. The molecule has 0 bridgehead atoms. The highest BCUT2D eigenvalue weighted by molar-refractivity contribution is 7.92. The second-order valence-corrected chi connectivity index (χ2v) is 10.5. The van der Waals surface area contributed by atoms with Crippen LogP contribution in [-0.2, 0) is 16.4 Å². The number of hydrogen-bond acceptors (Lipinski definition) is 5. The van der Waals surface area contributed by atoms with Gasteiger partial charge in [-0.2, -0.15) is 0 Å². The van der Waals surface area contributed by atoms with E-state index in [4.69, 9.17) is 0 Å². The summed E-state index contributed by atoms with van der Waals surface area (Å²) in [5, 5.41) is 9.46. The molecule has 0 atom stereocenters. The van der Waals surface area contributed by atoms with E-state index in [2.05, 4.69) is 21.8 Å². The van der Waals surface area contributed by atoms with E-state index in [9.17, 15) is 23.1 Å². The van der Waals surface area contributed by atoms with Crippen LogP contribution in [0.1, 0.15) is 46.0 Å². The van der Waals surface area contributed by atoms with E-state index in [-0.39, 0.29) is 21.9 Å². The van der Waals surface area contributed by atoms with Crippen LogP contribution in [0.3, 0.4) is 0 Å². The van der Waals surface area contributed by atoms with E-state index < -0.39 is 16.0 Å². The van der Waals surface area contributed by atoms with Gasteiger partial charge in [-0.3, -0.25) is 9.52 Å². The molecule has 7 nitrogen and oxygen atoms in total. The molecule has 1 aliphatic rings. The largest absolute Gasteiger partial charge is 0.478 e. The van der Waals surface area contributed by atoms with Crippen molar-refractivity contribution in [1.82, 2.24) is 0 Å². The standard InChI is InChI=1S/C27H28N2O5S/c1-19(30)22-7-10-24(11-8-22)35(33,34)28-25-18-23(27(31)32)9-12-26(25)29-15-13-21(14-16-29)17-20-5-3-2-4-6-20/h2-12,18,21,28H,13-17H2,1H3,(H,31,32). The van der Waals surface area contributed by atoms with Gasteiger partial charge in [-0.15, -0.1) is 0 Å². The first-order valence-corrected chi connectivity index (χ1v) is 13.0. The summed E-state index contributed by atoms with van der Waals surface area (Å²) >= 11 is 0. The Kier molecular flexibility index (Phi) is 7.21. The molecular weight excluding hydrogens is 464 g/mol. The number of nitrogens with one attached hydrogen (secondary N) is 1. The number of aromatic carboxylic acids is 1. The lowest BCUT2D eigenvalue weighted by molar-refractivity contribution is 0.0696. The van der Waals surface area contributed by atoms with Crippen LogP contribution < -0.4 is 9.62 Å². The van der Waals surface area contributed by atoms with E-state index in [1.54, 1.807) is 6.07 Å². The number of carboxylic acids is 1. The second-order valence-electron chi connectivity index (χ2n) is 8.84. The Morgan fingerprint density at radius 1 is 0.943 bits per heavy atom. The van der Waals surface area contributed by atoms with Crippen molar-refractivity contribution in [3.63, 3.8) is 0 Å². The lowest BCUT2D eigenvalue weighted by Gasteiger charge is -2.35. The Bertz CT molecular complexity index is 1310.